The fourth-order valence-electron chi connectivity index (χ4n) is 1.21. The lowest BCUT2D eigenvalue weighted by molar-refractivity contribution is 0.0630. The van der Waals surface area contributed by atoms with Crippen molar-refractivity contribution < 1.29 is 28.7 Å². The fraction of sp³-hybridized carbons (Fsp3) is 0.286. The van der Waals surface area contributed by atoms with Crippen molar-refractivity contribution in [3.63, 3.8) is 0 Å². The van der Waals surface area contributed by atoms with Crippen molar-refractivity contribution in [1.82, 2.24) is 10.6 Å². The quantitative estimate of drug-likeness (QED) is 0.616. The highest BCUT2D eigenvalue weighted by Gasteiger charge is 2.08. The first-order valence-electron chi connectivity index (χ1n) is 6.92. The van der Waals surface area contributed by atoms with E-state index in [4.69, 9.17) is 0 Å². The molecule has 0 aliphatic rings. The molecule has 0 aliphatic carbocycles. The van der Waals surface area contributed by atoms with Crippen LogP contribution in [0.5, 0.6) is 0 Å². The van der Waals surface area contributed by atoms with Crippen LogP contribution in [0.2, 0.25) is 0 Å². The van der Waals surface area contributed by atoms with Crippen molar-refractivity contribution in [1.29, 1.82) is 0 Å². The first kappa shape index (κ1) is 20.7. The van der Waals surface area contributed by atoms with Crippen LogP contribution < -0.4 is 21.7 Å². The molecule has 0 saturated heterocycles. The third kappa shape index (κ3) is 11.4. The van der Waals surface area contributed by atoms with E-state index in [1.54, 1.807) is 49.5 Å². The molecule has 0 fully saturated rings. The summed E-state index contributed by atoms with van der Waals surface area (Å²) in [6.45, 7) is 4.21. The van der Waals surface area contributed by atoms with Crippen LogP contribution in [0.4, 0.5) is 24.9 Å². The monoisotopic (exact) mass is 340 g/mol. The molecule has 0 aromatic heterocycles. The summed E-state index contributed by atoms with van der Waals surface area (Å²) in [5.41, 5.74) is 5.20. The molecule has 10 heteroatoms. The lowest BCUT2D eigenvalue weighted by Gasteiger charge is -2.05. The third-order valence-electron chi connectivity index (χ3n) is 2.02. The van der Waals surface area contributed by atoms with Crippen LogP contribution in [0.15, 0.2) is 30.3 Å². The number of imide groups is 2. The van der Waals surface area contributed by atoms with Crippen LogP contribution in [0.3, 0.4) is 0 Å². The molecule has 5 N–H and O–H groups in total. The molecule has 0 atom stereocenters. The second kappa shape index (κ2) is 12.3. The smallest absolute Gasteiger partial charge is 0.435 e. The van der Waals surface area contributed by atoms with Crippen LogP contribution >= 0.6 is 0 Å². The zero-order valence-corrected chi connectivity index (χ0v) is 13.3. The number of urea groups is 3. The second-order valence-electron chi connectivity index (χ2n) is 3.88. The van der Waals surface area contributed by atoms with E-state index in [0.717, 1.165) is 0 Å². The highest BCUT2D eigenvalue weighted by atomic mass is 16.7. The van der Waals surface area contributed by atoms with Gasteiger partial charge in [0.25, 0.3) is 0 Å². The lowest BCUT2D eigenvalue weighted by atomic mass is 10.3. The molecule has 0 aliphatic heterocycles. The van der Waals surface area contributed by atoms with E-state index in [1.807, 2.05) is 5.32 Å². The zero-order chi connectivity index (χ0) is 18.4. The van der Waals surface area contributed by atoms with Crippen molar-refractivity contribution in [3.05, 3.63) is 30.3 Å². The summed E-state index contributed by atoms with van der Waals surface area (Å²) in [5.74, 6) is 0. The van der Waals surface area contributed by atoms with Crippen LogP contribution in [0.25, 0.3) is 0 Å². The van der Waals surface area contributed by atoms with Gasteiger partial charge in [-0.15, -0.1) is 0 Å². The Morgan fingerprint density at radius 3 is 1.92 bits per heavy atom. The summed E-state index contributed by atoms with van der Waals surface area (Å²) >= 11 is 0. The number of rotatable bonds is 3. The number of nitrogens with one attached hydrogen (secondary N) is 3. The summed E-state index contributed by atoms with van der Waals surface area (Å²) in [5, 5.41) is 5.93. The molecule has 1 rings (SSSR count). The normalized spacial score (nSPS) is 8.75. The molecule has 1 aromatic carbocycles. The molecule has 132 valence electrons. The number of para-hydroxylation sites is 1. The molecule has 1 aromatic rings. The van der Waals surface area contributed by atoms with Gasteiger partial charge in [-0.25, -0.2) is 19.2 Å². The van der Waals surface area contributed by atoms with Gasteiger partial charge in [0.2, 0.25) is 0 Å². The molecule has 0 bridgehead atoms. The molecular weight excluding hydrogens is 320 g/mol. The third-order valence-corrected chi connectivity index (χ3v) is 2.02. The summed E-state index contributed by atoms with van der Waals surface area (Å²) < 4.78 is 8.84. The highest BCUT2D eigenvalue weighted by Crippen LogP contribution is 2.03. The van der Waals surface area contributed by atoms with Crippen molar-refractivity contribution in [2.45, 2.75) is 13.8 Å². The Labute approximate surface area is 138 Å². The van der Waals surface area contributed by atoms with E-state index >= 15 is 0 Å². The van der Waals surface area contributed by atoms with Crippen molar-refractivity contribution in [2.75, 3.05) is 18.5 Å². The van der Waals surface area contributed by atoms with E-state index < -0.39 is 24.2 Å². The van der Waals surface area contributed by atoms with E-state index in [9.17, 15) is 19.2 Å². The number of amides is 6. The maximum Gasteiger partial charge on any atom is 0.508 e. The Balaban J connectivity index is 0.000000561. The van der Waals surface area contributed by atoms with Crippen molar-refractivity contribution in [2.24, 2.45) is 5.73 Å². The standard InChI is InChI=1S/C9H10N4O3.C5H10O3/c10-7(14)12-9(16)13-8(15)11-6-4-2-1-3-5-6;1-3-7-5(6)8-4-2/h1-5H,(H5,10,11,12,13,14,15,16);3-4H2,1-2H3. The van der Waals surface area contributed by atoms with Gasteiger partial charge in [0, 0.05) is 5.69 Å². The number of anilines is 1. The summed E-state index contributed by atoms with van der Waals surface area (Å²) in [6, 6.07) is 5.73. The number of hydrogen-bond donors (Lipinski definition) is 4. The van der Waals surface area contributed by atoms with Gasteiger partial charge in [-0.05, 0) is 26.0 Å². The number of ether oxygens (including phenoxy) is 2. The average molecular weight is 340 g/mol. The Morgan fingerprint density at radius 1 is 0.917 bits per heavy atom. The molecule has 0 heterocycles. The summed E-state index contributed by atoms with van der Waals surface area (Å²) in [7, 11) is 0. The molecule has 0 radical (unpaired) electrons. The van der Waals surface area contributed by atoms with Crippen LogP contribution in [-0.4, -0.2) is 37.5 Å². The Morgan fingerprint density at radius 2 is 1.46 bits per heavy atom. The zero-order valence-electron chi connectivity index (χ0n) is 13.3. The van der Waals surface area contributed by atoms with Gasteiger partial charge in [-0.1, -0.05) is 18.2 Å². The van der Waals surface area contributed by atoms with Gasteiger partial charge in [-0.3, -0.25) is 10.6 Å². The molecule has 0 spiro atoms. The van der Waals surface area contributed by atoms with E-state index in [1.165, 1.54) is 0 Å². The van der Waals surface area contributed by atoms with Gasteiger partial charge in [0.15, 0.2) is 0 Å². The number of primary amides is 1. The number of carbonyl (C=O) groups is 4. The Hall–Kier alpha value is -3.30. The fourth-order valence-corrected chi connectivity index (χ4v) is 1.21. The van der Waals surface area contributed by atoms with E-state index in [0.29, 0.717) is 18.9 Å². The topological polar surface area (TPSA) is 149 Å². The van der Waals surface area contributed by atoms with Gasteiger partial charge >= 0.3 is 24.2 Å². The predicted molar refractivity (Wildman–Crippen MR) is 85.4 cm³/mol. The lowest BCUT2D eigenvalue weighted by Crippen LogP contribution is -2.46. The average Bonchev–Trinajstić information content (AvgIpc) is 2.48. The number of hydrogen-bond acceptors (Lipinski definition) is 6. The van der Waals surface area contributed by atoms with Crippen LogP contribution in [0, 0.1) is 0 Å². The minimum Gasteiger partial charge on any atom is -0.435 e. The Bertz CT molecular complexity index is 541. The van der Waals surface area contributed by atoms with E-state index in [2.05, 4.69) is 20.5 Å². The molecular formula is C14H20N4O6. The molecule has 0 saturated carbocycles. The molecule has 6 amide bonds. The first-order valence-corrected chi connectivity index (χ1v) is 6.92. The maximum absolute atomic E-state index is 11.2. The maximum atomic E-state index is 11.2. The van der Waals surface area contributed by atoms with Crippen LogP contribution in [0.1, 0.15) is 13.8 Å². The first-order chi connectivity index (χ1) is 11.4. The minimum atomic E-state index is -1.04. The predicted octanol–water partition coefficient (Wildman–Crippen LogP) is 1.78. The second-order valence-corrected chi connectivity index (χ2v) is 3.88. The molecule has 24 heavy (non-hydrogen) atoms. The van der Waals surface area contributed by atoms with Gasteiger partial charge in [0.05, 0.1) is 13.2 Å². The summed E-state index contributed by atoms with van der Waals surface area (Å²) in [6.07, 6.45) is -0.588. The SMILES string of the molecule is CCOC(=O)OCC.NC(=O)NC(=O)NC(=O)Nc1ccccc1. The number of benzene rings is 1. The largest absolute Gasteiger partial charge is 0.508 e. The highest BCUT2D eigenvalue weighted by molar-refractivity contribution is 6.04. The van der Waals surface area contributed by atoms with Gasteiger partial charge in [-0.2, -0.15) is 0 Å². The van der Waals surface area contributed by atoms with Gasteiger partial charge in [0.1, 0.15) is 0 Å². The van der Waals surface area contributed by atoms with Crippen LogP contribution in [-0.2, 0) is 9.47 Å². The van der Waals surface area contributed by atoms with Crippen molar-refractivity contribution >= 4 is 29.9 Å². The summed E-state index contributed by atoms with van der Waals surface area (Å²) in [4.78, 5) is 42.5. The molecule has 0 unspecified atom stereocenters. The van der Waals surface area contributed by atoms with Crippen molar-refractivity contribution in [3.8, 4) is 0 Å². The van der Waals surface area contributed by atoms with Gasteiger partial charge < -0.3 is 20.5 Å². The molecule has 10 nitrogen and oxygen atoms in total. The minimum absolute atomic E-state index is 0.374. The number of nitrogens with two attached hydrogens (primary N) is 1. The Kier molecular flexibility index (Phi) is 10.6. The van der Waals surface area contributed by atoms with E-state index in [-0.39, 0.29) is 0 Å². The number of carbonyl (C=O) groups excluding carboxylic acids is 4.